The van der Waals surface area contributed by atoms with E-state index in [0.717, 1.165) is 16.5 Å². The first-order chi connectivity index (χ1) is 14.6. The van der Waals surface area contributed by atoms with Crippen molar-refractivity contribution in [3.05, 3.63) is 83.8 Å². The minimum atomic E-state index is -0.157. The highest BCUT2D eigenvalue weighted by Gasteiger charge is 2.11. The van der Waals surface area contributed by atoms with Crippen LogP contribution in [0.15, 0.2) is 73.2 Å². The number of amides is 1. The third-order valence-corrected chi connectivity index (χ3v) is 4.85. The van der Waals surface area contributed by atoms with Crippen LogP contribution in [0.25, 0.3) is 10.9 Å². The number of pyridine rings is 1. The lowest BCUT2D eigenvalue weighted by atomic mass is 10.2. The van der Waals surface area contributed by atoms with Crippen molar-refractivity contribution in [2.75, 3.05) is 12.4 Å². The molecule has 0 radical (unpaired) electrons. The highest BCUT2D eigenvalue weighted by molar-refractivity contribution is 6.31. The molecule has 0 atom stereocenters. The van der Waals surface area contributed by atoms with Gasteiger partial charge in [-0.3, -0.25) is 9.78 Å². The van der Waals surface area contributed by atoms with Crippen molar-refractivity contribution in [2.45, 2.75) is 13.2 Å². The molecule has 1 N–H and O–H groups in total. The molecule has 30 heavy (non-hydrogen) atoms. The van der Waals surface area contributed by atoms with Gasteiger partial charge in [-0.25, -0.2) is 0 Å². The molecule has 0 bridgehead atoms. The predicted molar refractivity (Wildman–Crippen MR) is 117 cm³/mol. The summed E-state index contributed by atoms with van der Waals surface area (Å²) in [7, 11) is 1.58. The third-order valence-electron chi connectivity index (χ3n) is 4.61. The molecule has 2 heterocycles. The normalized spacial score (nSPS) is 10.7. The van der Waals surface area contributed by atoms with Crippen LogP contribution in [0.2, 0.25) is 5.02 Å². The van der Waals surface area contributed by atoms with Crippen LogP contribution in [0, 0.1) is 0 Å². The first-order valence-corrected chi connectivity index (χ1v) is 9.74. The molecular formula is C23H20ClN3O3. The van der Waals surface area contributed by atoms with Crippen molar-refractivity contribution in [1.82, 2.24) is 9.55 Å². The molecule has 2 aromatic heterocycles. The number of rotatable bonds is 7. The Bertz CT molecular complexity index is 1180. The number of aromatic nitrogens is 2. The number of carbonyl (C=O) groups excluding carboxylic acids is 1. The molecule has 0 aliphatic carbocycles. The standard InChI is InChI=1S/C23H20ClN3O3/c1-29-21-7-6-19(12-22(21)30-15-16-3-2-9-25-13-16)26-23(28)14-27-10-8-17-4-5-18(24)11-20(17)27/h2-13H,14-15H2,1H3,(H,26,28). The minimum Gasteiger partial charge on any atom is -0.493 e. The molecule has 0 unspecified atom stereocenters. The van der Waals surface area contributed by atoms with Gasteiger partial charge in [-0.1, -0.05) is 23.7 Å². The number of carbonyl (C=O) groups is 1. The monoisotopic (exact) mass is 421 g/mol. The summed E-state index contributed by atoms with van der Waals surface area (Å²) in [4.78, 5) is 16.7. The van der Waals surface area contributed by atoms with Crippen molar-refractivity contribution in [2.24, 2.45) is 0 Å². The van der Waals surface area contributed by atoms with Gasteiger partial charge in [0.05, 0.1) is 7.11 Å². The minimum absolute atomic E-state index is 0.157. The molecule has 0 aliphatic rings. The molecular weight excluding hydrogens is 402 g/mol. The summed E-state index contributed by atoms with van der Waals surface area (Å²) in [5.41, 5.74) is 2.47. The van der Waals surface area contributed by atoms with E-state index in [2.05, 4.69) is 10.3 Å². The van der Waals surface area contributed by atoms with Gasteiger partial charge in [-0.2, -0.15) is 0 Å². The van der Waals surface area contributed by atoms with Gasteiger partial charge in [-0.05, 0) is 41.8 Å². The van der Waals surface area contributed by atoms with E-state index >= 15 is 0 Å². The van der Waals surface area contributed by atoms with Gasteiger partial charge in [0, 0.05) is 46.4 Å². The second kappa shape index (κ2) is 8.88. The quantitative estimate of drug-likeness (QED) is 0.460. The van der Waals surface area contributed by atoms with Crippen molar-refractivity contribution in [3.8, 4) is 11.5 Å². The molecule has 6 nitrogen and oxygen atoms in total. The number of nitrogens with zero attached hydrogens (tertiary/aromatic N) is 2. The molecule has 0 saturated carbocycles. The average Bonchev–Trinajstić information content (AvgIpc) is 3.14. The SMILES string of the molecule is COc1ccc(NC(=O)Cn2ccc3ccc(Cl)cc32)cc1OCc1cccnc1. The zero-order valence-electron chi connectivity index (χ0n) is 16.3. The summed E-state index contributed by atoms with van der Waals surface area (Å²) in [6.07, 6.45) is 5.32. The van der Waals surface area contributed by atoms with Crippen LogP contribution in [0.4, 0.5) is 5.69 Å². The summed E-state index contributed by atoms with van der Waals surface area (Å²) in [5, 5.41) is 4.57. The summed E-state index contributed by atoms with van der Waals surface area (Å²) < 4.78 is 13.1. The lowest BCUT2D eigenvalue weighted by Gasteiger charge is -2.13. The second-order valence-corrected chi connectivity index (χ2v) is 7.15. The Balaban J connectivity index is 1.46. The average molecular weight is 422 g/mol. The molecule has 0 aliphatic heterocycles. The van der Waals surface area contributed by atoms with E-state index in [4.69, 9.17) is 21.1 Å². The Hall–Kier alpha value is -3.51. The van der Waals surface area contributed by atoms with Gasteiger partial charge in [0.25, 0.3) is 0 Å². The van der Waals surface area contributed by atoms with Gasteiger partial charge in [0.1, 0.15) is 13.2 Å². The molecule has 4 aromatic rings. The Morgan fingerprint density at radius 2 is 2.03 bits per heavy atom. The number of hydrogen-bond donors (Lipinski definition) is 1. The Morgan fingerprint density at radius 3 is 2.83 bits per heavy atom. The first-order valence-electron chi connectivity index (χ1n) is 9.36. The molecule has 0 spiro atoms. The summed E-state index contributed by atoms with van der Waals surface area (Å²) in [6, 6.07) is 16.6. The maximum Gasteiger partial charge on any atom is 0.244 e. The molecule has 1 amide bonds. The van der Waals surface area contributed by atoms with E-state index in [1.807, 2.05) is 47.2 Å². The van der Waals surface area contributed by atoms with E-state index in [-0.39, 0.29) is 12.5 Å². The molecule has 0 saturated heterocycles. The molecule has 2 aromatic carbocycles. The Morgan fingerprint density at radius 1 is 1.13 bits per heavy atom. The lowest BCUT2D eigenvalue weighted by Crippen LogP contribution is -2.18. The van der Waals surface area contributed by atoms with E-state index < -0.39 is 0 Å². The number of anilines is 1. The van der Waals surface area contributed by atoms with Gasteiger partial charge in [0.15, 0.2) is 11.5 Å². The Kier molecular flexibility index (Phi) is 5.86. The van der Waals surface area contributed by atoms with Crippen molar-refractivity contribution >= 4 is 34.1 Å². The van der Waals surface area contributed by atoms with Crippen LogP contribution in [0.1, 0.15) is 5.56 Å². The maximum absolute atomic E-state index is 12.6. The van der Waals surface area contributed by atoms with E-state index in [1.165, 1.54) is 0 Å². The van der Waals surface area contributed by atoms with Crippen LogP contribution in [-0.4, -0.2) is 22.6 Å². The number of benzene rings is 2. The number of nitrogens with one attached hydrogen (secondary N) is 1. The number of halogens is 1. The highest BCUT2D eigenvalue weighted by Crippen LogP contribution is 2.31. The smallest absolute Gasteiger partial charge is 0.244 e. The lowest BCUT2D eigenvalue weighted by molar-refractivity contribution is -0.116. The van der Waals surface area contributed by atoms with Crippen molar-refractivity contribution < 1.29 is 14.3 Å². The van der Waals surface area contributed by atoms with Crippen LogP contribution < -0.4 is 14.8 Å². The van der Waals surface area contributed by atoms with Gasteiger partial charge in [0.2, 0.25) is 5.91 Å². The van der Waals surface area contributed by atoms with Crippen LogP contribution >= 0.6 is 11.6 Å². The Labute approximate surface area is 179 Å². The summed E-state index contributed by atoms with van der Waals surface area (Å²) in [5.74, 6) is 0.969. The fraction of sp³-hybridized carbons (Fsp3) is 0.130. The second-order valence-electron chi connectivity index (χ2n) is 6.71. The third kappa shape index (κ3) is 4.55. The number of fused-ring (bicyclic) bond motifs is 1. The number of hydrogen-bond acceptors (Lipinski definition) is 4. The van der Waals surface area contributed by atoms with E-state index in [9.17, 15) is 4.79 Å². The van der Waals surface area contributed by atoms with E-state index in [0.29, 0.717) is 28.8 Å². The summed E-state index contributed by atoms with van der Waals surface area (Å²) >= 11 is 6.09. The maximum atomic E-state index is 12.6. The van der Waals surface area contributed by atoms with Crippen LogP contribution in [-0.2, 0) is 17.9 Å². The molecule has 152 valence electrons. The topological polar surface area (TPSA) is 65.4 Å². The highest BCUT2D eigenvalue weighted by atomic mass is 35.5. The van der Waals surface area contributed by atoms with Crippen LogP contribution in [0.5, 0.6) is 11.5 Å². The molecule has 7 heteroatoms. The molecule has 0 fully saturated rings. The zero-order valence-corrected chi connectivity index (χ0v) is 17.1. The number of methoxy groups -OCH3 is 1. The van der Waals surface area contributed by atoms with Crippen molar-refractivity contribution in [1.29, 1.82) is 0 Å². The first kappa shape index (κ1) is 19.8. The van der Waals surface area contributed by atoms with Gasteiger partial charge >= 0.3 is 0 Å². The largest absolute Gasteiger partial charge is 0.493 e. The summed E-state index contributed by atoms with van der Waals surface area (Å²) in [6.45, 7) is 0.513. The zero-order chi connectivity index (χ0) is 20.9. The van der Waals surface area contributed by atoms with Gasteiger partial charge < -0.3 is 19.4 Å². The van der Waals surface area contributed by atoms with Crippen molar-refractivity contribution in [3.63, 3.8) is 0 Å². The predicted octanol–water partition coefficient (Wildman–Crippen LogP) is 4.92. The van der Waals surface area contributed by atoms with Crippen LogP contribution in [0.3, 0.4) is 0 Å². The van der Waals surface area contributed by atoms with E-state index in [1.54, 1.807) is 37.7 Å². The van der Waals surface area contributed by atoms with Gasteiger partial charge in [-0.15, -0.1) is 0 Å². The molecule has 4 rings (SSSR count). The number of ether oxygens (including phenoxy) is 2. The fourth-order valence-corrected chi connectivity index (χ4v) is 3.33. The fourth-order valence-electron chi connectivity index (χ4n) is 3.16.